The van der Waals surface area contributed by atoms with Crippen LogP contribution < -0.4 is 5.73 Å². The predicted octanol–water partition coefficient (Wildman–Crippen LogP) is 1.45. The largest absolute Gasteiger partial charge is 0.444 e. The van der Waals surface area contributed by atoms with E-state index in [1.54, 1.807) is 0 Å². The Bertz CT molecular complexity index is 442. The molecule has 2 N–H and O–H groups in total. The van der Waals surface area contributed by atoms with Crippen molar-refractivity contribution in [1.29, 1.82) is 0 Å². The molecule has 0 atom stereocenters. The van der Waals surface area contributed by atoms with Gasteiger partial charge in [0.05, 0.1) is 6.54 Å². The Kier molecular flexibility index (Phi) is 2.13. The van der Waals surface area contributed by atoms with Gasteiger partial charge in [0.15, 0.2) is 0 Å². The maximum absolute atomic E-state index is 5.45. The molecule has 0 aromatic carbocycles. The zero-order valence-corrected chi connectivity index (χ0v) is 8.32. The van der Waals surface area contributed by atoms with Gasteiger partial charge < -0.3 is 14.7 Å². The van der Waals surface area contributed by atoms with Gasteiger partial charge in [0, 0.05) is 25.0 Å². The Hall–Kier alpha value is -1.55. The standard InChI is InChI=1S/C10H13N3O/c1-7-10(12-9(5-11)14-7)8-3-4-13(2)6-8/h3-4,6H,5,11H2,1-2H3. The van der Waals surface area contributed by atoms with E-state index in [4.69, 9.17) is 10.2 Å². The number of oxazole rings is 1. The van der Waals surface area contributed by atoms with Gasteiger partial charge in [0.25, 0.3) is 0 Å². The van der Waals surface area contributed by atoms with Crippen LogP contribution >= 0.6 is 0 Å². The fraction of sp³-hybridized carbons (Fsp3) is 0.300. The van der Waals surface area contributed by atoms with Gasteiger partial charge in [-0.25, -0.2) is 4.98 Å². The van der Waals surface area contributed by atoms with Crippen molar-refractivity contribution in [2.45, 2.75) is 13.5 Å². The summed E-state index contributed by atoms with van der Waals surface area (Å²) in [5, 5.41) is 0. The van der Waals surface area contributed by atoms with Gasteiger partial charge in [0.2, 0.25) is 5.89 Å². The molecule has 2 rings (SSSR count). The van der Waals surface area contributed by atoms with Crippen LogP contribution in [0.1, 0.15) is 11.7 Å². The number of aromatic nitrogens is 2. The van der Waals surface area contributed by atoms with E-state index >= 15 is 0 Å². The summed E-state index contributed by atoms with van der Waals surface area (Å²) in [6.45, 7) is 2.24. The Morgan fingerprint density at radius 3 is 2.86 bits per heavy atom. The monoisotopic (exact) mass is 191 g/mol. The maximum atomic E-state index is 5.45. The first-order valence-corrected chi connectivity index (χ1v) is 4.49. The maximum Gasteiger partial charge on any atom is 0.208 e. The molecule has 14 heavy (non-hydrogen) atoms. The lowest BCUT2D eigenvalue weighted by Crippen LogP contribution is -1.95. The number of hydrogen-bond donors (Lipinski definition) is 1. The minimum atomic E-state index is 0.341. The third-order valence-corrected chi connectivity index (χ3v) is 2.12. The number of nitrogens with zero attached hydrogens (tertiary/aromatic N) is 2. The van der Waals surface area contributed by atoms with E-state index in [1.807, 2.05) is 37.0 Å². The first-order valence-electron chi connectivity index (χ1n) is 4.49. The van der Waals surface area contributed by atoms with Gasteiger partial charge in [-0.2, -0.15) is 0 Å². The molecule has 0 saturated carbocycles. The van der Waals surface area contributed by atoms with Crippen LogP contribution in [-0.4, -0.2) is 9.55 Å². The second-order valence-corrected chi connectivity index (χ2v) is 3.28. The molecule has 0 radical (unpaired) electrons. The fourth-order valence-electron chi connectivity index (χ4n) is 1.45. The van der Waals surface area contributed by atoms with Crippen molar-refractivity contribution in [1.82, 2.24) is 9.55 Å². The van der Waals surface area contributed by atoms with E-state index < -0.39 is 0 Å². The summed E-state index contributed by atoms with van der Waals surface area (Å²) in [6, 6.07) is 2.01. The molecule has 74 valence electrons. The molecule has 0 amide bonds. The van der Waals surface area contributed by atoms with Crippen molar-refractivity contribution in [3.63, 3.8) is 0 Å². The van der Waals surface area contributed by atoms with Crippen LogP contribution in [0.3, 0.4) is 0 Å². The molecule has 0 unspecified atom stereocenters. The molecule has 0 spiro atoms. The van der Waals surface area contributed by atoms with Gasteiger partial charge >= 0.3 is 0 Å². The van der Waals surface area contributed by atoms with Gasteiger partial charge in [-0.05, 0) is 13.0 Å². The summed E-state index contributed by atoms with van der Waals surface area (Å²) in [5.41, 5.74) is 7.40. The molecule has 0 aliphatic carbocycles. The van der Waals surface area contributed by atoms with Gasteiger partial charge in [-0.1, -0.05) is 0 Å². The van der Waals surface area contributed by atoms with Crippen LogP contribution in [0.5, 0.6) is 0 Å². The lowest BCUT2D eigenvalue weighted by atomic mass is 10.2. The molecule has 2 aromatic heterocycles. The van der Waals surface area contributed by atoms with Crippen molar-refractivity contribution >= 4 is 0 Å². The van der Waals surface area contributed by atoms with Gasteiger partial charge in [0.1, 0.15) is 11.5 Å². The predicted molar refractivity (Wildman–Crippen MR) is 53.5 cm³/mol. The van der Waals surface area contributed by atoms with Crippen molar-refractivity contribution in [3.8, 4) is 11.3 Å². The first kappa shape index (κ1) is 9.02. The lowest BCUT2D eigenvalue weighted by Gasteiger charge is -1.90. The summed E-state index contributed by atoms with van der Waals surface area (Å²) < 4.78 is 7.36. The Labute approximate surface area is 82.4 Å². The summed E-state index contributed by atoms with van der Waals surface area (Å²) in [5.74, 6) is 1.40. The summed E-state index contributed by atoms with van der Waals surface area (Å²) in [6.07, 6.45) is 3.98. The van der Waals surface area contributed by atoms with Crippen molar-refractivity contribution in [3.05, 3.63) is 30.1 Å². The topological polar surface area (TPSA) is 57.0 Å². The first-order chi connectivity index (χ1) is 6.70. The van der Waals surface area contributed by atoms with Crippen LogP contribution in [0.2, 0.25) is 0 Å². The quantitative estimate of drug-likeness (QED) is 0.781. The third-order valence-electron chi connectivity index (χ3n) is 2.12. The molecular weight excluding hydrogens is 178 g/mol. The highest BCUT2D eigenvalue weighted by atomic mass is 16.4. The lowest BCUT2D eigenvalue weighted by molar-refractivity contribution is 0.474. The van der Waals surface area contributed by atoms with Gasteiger partial charge in [-0.15, -0.1) is 0 Å². The molecule has 2 heterocycles. The zero-order chi connectivity index (χ0) is 10.1. The minimum absolute atomic E-state index is 0.341. The highest BCUT2D eigenvalue weighted by Crippen LogP contribution is 2.23. The molecule has 4 heteroatoms. The van der Waals surface area contributed by atoms with E-state index in [1.165, 1.54) is 0 Å². The highest BCUT2D eigenvalue weighted by molar-refractivity contribution is 5.60. The van der Waals surface area contributed by atoms with Crippen molar-refractivity contribution < 1.29 is 4.42 Å². The Morgan fingerprint density at radius 1 is 1.57 bits per heavy atom. The van der Waals surface area contributed by atoms with E-state index in [2.05, 4.69) is 4.98 Å². The zero-order valence-electron chi connectivity index (χ0n) is 8.32. The third kappa shape index (κ3) is 1.44. The second kappa shape index (κ2) is 3.31. The molecular formula is C10H13N3O. The fourth-order valence-corrected chi connectivity index (χ4v) is 1.45. The molecule has 0 aliphatic rings. The van der Waals surface area contributed by atoms with Crippen LogP contribution in [0, 0.1) is 6.92 Å². The molecule has 0 fully saturated rings. The van der Waals surface area contributed by atoms with Gasteiger partial charge in [-0.3, -0.25) is 0 Å². The average molecular weight is 191 g/mol. The number of nitrogens with two attached hydrogens (primary N) is 1. The number of aryl methyl sites for hydroxylation is 2. The minimum Gasteiger partial charge on any atom is -0.444 e. The second-order valence-electron chi connectivity index (χ2n) is 3.28. The SMILES string of the molecule is Cc1oc(CN)nc1-c1ccn(C)c1. The molecule has 4 nitrogen and oxygen atoms in total. The Balaban J connectivity index is 2.45. The van der Waals surface area contributed by atoms with Crippen LogP contribution in [-0.2, 0) is 13.6 Å². The van der Waals surface area contributed by atoms with Crippen LogP contribution in [0.25, 0.3) is 11.3 Å². The van der Waals surface area contributed by atoms with E-state index in [9.17, 15) is 0 Å². The van der Waals surface area contributed by atoms with Crippen LogP contribution in [0.15, 0.2) is 22.9 Å². The van der Waals surface area contributed by atoms with Crippen molar-refractivity contribution in [2.24, 2.45) is 12.8 Å². The smallest absolute Gasteiger partial charge is 0.208 e. The van der Waals surface area contributed by atoms with Crippen molar-refractivity contribution in [2.75, 3.05) is 0 Å². The molecule has 0 bridgehead atoms. The summed E-state index contributed by atoms with van der Waals surface area (Å²) in [4.78, 5) is 4.31. The summed E-state index contributed by atoms with van der Waals surface area (Å²) >= 11 is 0. The highest BCUT2D eigenvalue weighted by Gasteiger charge is 2.10. The molecule has 2 aromatic rings. The average Bonchev–Trinajstić information content (AvgIpc) is 2.71. The van der Waals surface area contributed by atoms with E-state index in [-0.39, 0.29) is 0 Å². The van der Waals surface area contributed by atoms with E-state index in [0.717, 1.165) is 17.0 Å². The summed E-state index contributed by atoms with van der Waals surface area (Å²) in [7, 11) is 1.97. The number of hydrogen-bond acceptors (Lipinski definition) is 3. The number of rotatable bonds is 2. The molecule has 0 saturated heterocycles. The van der Waals surface area contributed by atoms with Crippen LogP contribution in [0.4, 0.5) is 0 Å². The Morgan fingerprint density at radius 2 is 2.36 bits per heavy atom. The molecule has 0 aliphatic heterocycles. The normalized spacial score (nSPS) is 10.8. The van der Waals surface area contributed by atoms with E-state index in [0.29, 0.717) is 12.4 Å².